The fourth-order valence-electron chi connectivity index (χ4n) is 2.45. The van der Waals surface area contributed by atoms with Gasteiger partial charge in [0.15, 0.2) is 17.2 Å². The molecular formula is C17H13ClN6O. The van der Waals surface area contributed by atoms with E-state index in [9.17, 15) is 4.79 Å². The van der Waals surface area contributed by atoms with Gasteiger partial charge in [0.05, 0.1) is 6.54 Å². The highest BCUT2D eigenvalue weighted by molar-refractivity contribution is 6.33. The molecular weight excluding hydrogens is 340 g/mol. The molecule has 3 heterocycles. The first-order chi connectivity index (χ1) is 12.2. The van der Waals surface area contributed by atoms with Gasteiger partial charge in [0.25, 0.3) is 5.91 Å². The molecule has 0 aliphatic carbocycles. The predicted octanol–water partition coefficient (Wildman–Crippen LogP) is 2.88. The smallest absolute Gasteiger partial charge is 0.277 e. The van der Waals surface area contributed by atoms with Crippen LogP contribution in [0.5, 0.6) is 0 Å². The number of fused-ring (bicyclic) bond motifs is 1. The molecule has 0 aliphatic heterocycles. The van der Waals surface area contributed by atoms with Crippen molar-refractivity contribution in [3.8, 4) is 0 Å². The Kier molecular flexibility index (Phi) is 3.91. The molecule has 4 aromatic rings. The van der Waals surface area contributed by atoms with Crippen LogP contribution in [0.3, 0.4) is 0 Å². The second kappa shape index (κ2) is 6.37. The molecule has 0 spiro atoms. The maximum atomic E-state index is 12.4. The number of carbonyl (C=O) groups excluding carboxylic acids is 1. The summed E-state index contributed by atoms with van der Waals surface area (Å²) in [6.07, 6.45) is 5.04. The predicted molar refractivity (Wildman–Crippen MR) is 93.7 cm³/mol. The van der Waals surface area contributed by atoms with Crippen LogP contribution in [0, 0.1) is 0 Å². The van der Waals surface area contributed by atoms with Gasteiger partial charge in [0, 0.05) is 24.7 Å². The van der Waals surface area contributed by atoms with Gasteiger partial charge >= 0.3 is 0 Å². The average Bonchev–Trinajstić information content (AvgIpc) is 3.19. The minimum Gasteiger partial charge on any atom is -0.302 e. The zero-order valence-electron chi connectivity index (χ0n) is 13.0. The normalized spacial score (nSPS) is 10.9. The van der Waals surface area contributed by atoms with Crippen molar-refractivity contribution in [2.45, 2.75) is 6.54 Å². The number of rotatable bonds is 4. The van der Waals surface area contributed by atoms with Crippen LogP contribution in [0.4, 0.5) is 5.82 Å². The Morgan fingerprint density at radius 2 is 2.00 bits per heavy atom. The lowest BCUT2D eigenvalue weighted by molar-refractivity contribution is 0.102. The van der Waals surface area contributed by atoms with Crippen molar-refractivity contribution in [1.29, 1.82) is 0 Å². The number of hydrogen-bond acceptors (Lipinski definition) is 4. The lowest BCUT2D eigenvalue weighted by Crippen LogP contribution is -2.14. The van der Waals surface area contributed by atoms with Crippen LogP contribution >= 0.6 is 11.6 Å². The van der Waals surface area contributed by atoms with Crippen LogP contribution in [-0.2, 0) is 6.54 Å². The van der Waals surface area contributed by atoms with Gasteiger partial charge in [-0.25, -0.2) is 9.50 Å². The highest BCUT2D eigenvalue weighted by Crippen LogP contribution is 2.20. The topological polar surface area (TPSA) is 77.1 Å². The van der Waals surface area contributed by atoms with Crippen molar-refractivity contribution in [1.82, 2.24) is 24.4 Å². The fourth-order valence-corrected chi connectivity index (χ4v) is 2.64. The van der Waals surface area contributed by atoms with E-state index < -0.39 is 5.91 Å². The van der Waals surface area contributed by atoms with E-state index in [4.69, 9.17) is 11.6 Å². The third kappa shape index (κ3) is 3.22. The van der Waals surface area contributed by atoms with Crippen molar-refractivity contribution >= 4 is 29.0 Å². The van der Waals surface area contributed by atoms with Crippen LogP contribution < -0.4 is 5.32 Å². The minimum absolute atomic E-state index is 0.243. The molecule has 0 unspecified atom stereocenters. The molecule has 0 fully saturated rings. The highest BCUT2D eigenvalue weighted by atomic mass is 35.5. The molecule has 25 heavy (non-hydrogen) atoms. The molecule has 0 aliphatic rings. The Hall–Kier alpha value is -3.19. The molecule has 8 heteroatoms. The number of nitrogens with one attached hydrogen (secondary N) is 1. The van der Waals surface area contributed by atoms with E-state index in [-0.39, 0.29) is 5.69 Å². The van der Waals surface area contributed by atoms with Gasteiger partial charge in [-0.05, 0) is 11.6 Å². The number of amides is 1. The summed E-state index contributed by atoms with van der Waals surface area (Å²) in [5.41, 5.74) is 1.92. The molecule has 0 saturated heterocycles. The summed E-state index contributed by atoms with van der Waals surface area (Å²) in [5, 5.41) is 11.6. The summed E-state index contributed by atoms with van der Waals surface area (Å²) >= 11 is 6.19. The zero-order valence-corrected chi connectivity index (χ0v) is 13.8. The molecule has 0 bridgehead atoms. The number of hydrogen-bond donors (Lipinski definition) is 1. The number of halogens is 1. The van der Waals surface area contributed by atoms with Gasteiger partial charge in [-0.2, -0.15) is 10.2 Å². The second-order valence-corrected chi connectivity index (χ2v) is 5.82. The molecule has 0 radical (unpaired) electrons. The molecule has 7 nitrogen and oxygen atoms in total. The Labute approximate surface area is 147 Å². The lowest BCUT2D eigenvalue weighted by atomic mass is 10.2. The maximum Gasteiger partial charge on any atom is 0.277 e. The van der Waals surface area contributed by atoms with Crippen molar-refractivity contribution in [2.24, 2.45) is 0 Å². The maximum absolute atomic E-state index is 12.4. The van der Waals surface area contributed by atoms with Gasteiger partial charge in [-0.3, -0.25) is 9.48 Å². The fraction of sp³-hybridized carbons (Fsp3) is 0.0588. The standard InChI is InChI=1S/C17H13ClN6O/c18-13-11-23(10-12-5-2-1-3-6-12)22-16(13)20-17(25)14-9-15-19-7-4-8-24(15)21-14/h1-9,11H,10H2,(H,20,22,25). The first-order valence-corrected chi connectivity index (χ1v) is 7.95. The number of aromatic nitrogens is 5. The molecule has 1 amide bonds. The molecule has 3 aromatic heterocycles. The zero-order chi connectivity index (χ0) is 17.2. The van der Waals surface area contributed by atoms with E-state index >= 15 is 0 Å². The van der Waals surface area contributed by atoms with E-state index in [2.05, 4.69) is 20.5 Å². The van der Waals surface area contributed by atoms with Crippen molar-refractivity contribution < 1.29 is 4.79 Å². The summed E-state index contributed by atoms with van der Waals surface area (Å²) < 4.78 is 3.21. The minimum atomic E-state index is -0.391. The number of carbonyl (C=O) groups is 1. The monoisotopic (exact) mass is 352 g/mol. The van der Waals surface area contributed by atoms with Crippen molar-refractivity contribution in [2.75, 3.05) is 5.32 Å². The van der Waals surface area contributed by atoms with Gasteiger partial charge in [0.2, 0.25) is 0 Å². The Morgan fingerprint density at radius 1 is 1.16 bits per heavy atom. The van der Waals surface area contributed by atoms with Crippen LogP contribution in [0.15, 0.2) is 61.1 Å². The number of nitrogens with zero attached hydrogens (tertiary/aromatic N) is 5. The third-order valence-corrected chi connectivity index (χ3v) is 3.88. The van der Waals surface area contributed by atoms with Crippen LogP contribution in [0.1, 0.15) is 16.1 Å². The van der Waals surface area contributed by atoms with E-state index in [1.807, 2.05) is 30.3 Å². The van der Waals surface area contributed by atoms with E-state index in [0.29, 0.717) is 23.0 Å². The van der Waals surface area contributed by atoms with Crippen molar-refractivity contribution in [3.63, 3.8) is 0 Å². The summed E-state index contributed by atoms with van der Waals surface area (Å²) in [7, 11) is 0. The quantitative estimate of drug-likeness (QED) is 0.612. The van der Waals surface area contributed by atoms with Gasteiger partial charge in [0.1, 0.15) is 5.02 Å². The molecule has 0 saturated carbocycles. The summed E-state index contributed by atoms with van der Waals surface area (Å²) in [5.74, 6) is -0.0926. The van der Waals surface area contributed by atoms with E-state index in [1.165, 1.54) is 4.52 Å². The summed E-state index contributed by atoms with van der Waals surface area (Å²) in [4.78, 5) is 16.5. The van der Waals surface area contributed by atoms with Crippen LogP contribution in [0.2, 0.25) is 5.02 Å². The van der Waals surface area contributed by atoms with E-state index in [0.717, 1.165) is 5.56 Å². The van der Waals surface area contributed by atoms with Gasteiger partial charge < -0.3 is 5.32 Å². The Morgan fingerprint density at radius 3 is 2.80 bits per heavy atom. The largest absolute Gasteiger partial charge is 0.302 e. The second-order valence-electron chi connectivity index (χ2n) is 5.41. The Balaban J connectivity index is 1.53. The molecule has 4 rings (SSSR count). The average molecular weight is 353 g/mol. The first kappa shape index (κ1) is 15.3. The highest BCUT2D eigenvalue weighted by Gasteiger charge is 2.15. The van der Waals surface area contributed by atoms with Crippen LogP contribution in [0.25, 0.3) is 5.65 Å². The summed E-state index contributed by atoms with van der Waals surface area (Å²) in [6, 6.07) is 13.2. The molecule has 1 aromatic carbocycles. The van der Waals surface area contributed by atoms with Crippen molar-refractivity contribution in [3.05, 3.63) is 77.3 Å². The van der Waals surface area contributed by atoms with Crippen LogP contribution in [-0.4, -0.2) is 30.3 Å². The Bertz CT molecular complexity index is 1010. The summed E-state index contributed by atoms with van der Waals surface area (Å²) in [6.45, 7) is 0.564. The SMILES string of the molecule is O=C(Nc1nn(Cc2ccccc2)cc1Cl)c1cc2ncccn2n1. The van der Waals surface area contributed by atoms with E-state index in [1.54, 1.807) is 35.4 Å². The number of benzene rings is 1. The molecule has 124 valence electrons. The third-order valence-electron chi connectivity index (χ3n) is 3.61. The molecule has 1 N–H and O–H groups in total. The molecule has 0 atom stereocenters. The van der Waals surface area contributed by atoms with Gasteiger partial charge in [-0.15, -0.1) is 0 Å². The van der Waals surface area contributed by atoms with Gasteiger partial charge in [-0.1, -0.05) is 41.9 Å². The lowest BCUT2D eigenvalue weighted by Gasteiger charge is -2.01. The first-order valence-electron chi connectivity index (χ1n) is 7.58. The number of anilines is 1.